The van der Waals surface area contributed by atoms with Gasteiger partial charge in [0.25, 0.3) is 8.48 Å². The van der Waals surface area contributed by atoms with Gasteiger partial charge in [-0.1, -0.05) is 0 Å². The molecule has 1 saturated heterocycles. The van der Waals surface area contributed by atoms with E-state index in [4.69, 9.17) is 17.7 Å². The zero-order chi connectivity index (χ0) is 14.4. The van der Waals surface area contributed by atoms with E-state index in [0.717, 1.165) is 38.0 Å². The quantitative estimate of drug-likeness (QED) is 0.629. The molecule has 1 unspecified atom stereocenters. The molecule has 0 radical (unpaired) electrons. The highest BCUT2D eigenvalue weighted by Gasteiger charge is 2.45. The molecule has 1 N–H and O–H groups in total. The van der Waals surface area contributed by atoms with E-state index in [0.29, 0.717) is 0 Å². The third-order valence-electron chi connectivity index (χ3n) is 4.04. The van der Waals surface area contributed by atoms with Crippen molar-refractivity contribution in [3.63, 3.8) is 0 Å². The fourth-order valence-electron chi connectivity index (χ4n) is 2.74. The van der Waals surface area contributed by atoms with Crippen molar-refractivity contribution >= 4 is 17.3 Å². The predicted octanol–water partition coefficient (Wildman–Crippen LogP) is 0.580. The SMILES string of the molecule is CO[Si](CCCN1CCC[Si]1(CO)OC)(OC)OC. The molecule has 1 aliphatic heterocycles. The van der Waals surface area contributed by atoms with Gasteiger partial charge < -0.3 is 27.4 Å². The van der Waals surface area contributed by atoms with Gasteiger partial charge in [-0.2, -0.15) is 0 Å². The summed E-state index contributed by atoms with van der Waals surface area (Å²) >= 11 is 0. The molecule has 0 aromatic heterocycles. The van der Waals surface area contributed by atoms with Gasteiger partial charge in [0.05, 0.1) is 6.23 Å². The Balaban J connectivity index is 2.48. The van der Waals surface area contributed by atoms with E-state index in [1.807, 2.05) is 0 Å². The lowest BCUT2D eigenvalue weighted by Gasteiger charge is -2.33. The van der Waals surface area contributed by atoms with E-state index in [1.54, 1.807) is 28.4 Å². The summed E-state index contributed by atoms with van der Waals surface area (Å²) in [7, 11) is 2.10. The lowest BCUT2D eigenvalue weighted by atomic mass is 10.4. The van der Waals surface area contributed by atoms with Crippen LogP contribution in [0.4, 0.5) is 0 Å². The molecule has 0 amide bonds. The Kier molecular flexibility index (Phi) is 7.12. The summed E-state index contributed by atoms with van der Waals surface area (Å²) in [6.07, 6.45) is 2.22. The van der Waals surface area contributed by atoms with Crippen LogP contribution in [-0.4, -0.2) is 74.7 Å². The van der Waals surface area contributed by atoms with Crippen molar-refractivity contribution in [2.75, 3.05) is 47.8 Å². The van der Waals surface area contributed by atoms with Crippen molar-refractivity contribution in [2.24, 2.45) is 0 Å². The van der Waals surface area contributed by atoms with Crippen LogP contribution in [-0.2, 0) is 17.7 Å². The average Bonchev–Trinajstić information content (AvgIpc) is 2.87. The first kappa shape index (κ1) is 17.2. The summed E-state index contributed by atoms with van der Waals surface area (Å²) in [5.74, 6) is 0. The number of aliphatic hydroxyl groups excluding tert-OH is 1. The number of nitrogens with zero attached hydrogens (tertiary/aromatic N) is 1. The van der Waals surface area contributed by atoms with E-state index in [2.05, 4.69) is 4.57 Å². The van der Waals surface area contributed by atoms with Crippen molar-refractivity contribution < 1.29 is 22.8 Å². The Morgan fingerprint density at radius 1 is 1.16 bits per heavy atom. The Hall–Kier alpha value is 0.194. The molecule has 1 fully saturated rings. The van der Waals surface area contributed by atoms with Crippen molar-refractivity contribution in [3.05, 3.63) is 0 Å². The Morgan fingerprint density at radius 3 is 2.26 bits per heavy atom. The molecule has 1 aliphatic rings. The van der Waals surface area contributed by atoms with Gasteiger partial charge in [-0.3, -0.25) is 0 Å². The number of hydrogen-bond donors (Lipinski definition) is 1. The first-order chi connectivity index (χ1) is 9.12. The summed E-state index contributed by atoms with van der Waals surface area (Å²) < 4.78 is 24.2. The van der Waals surface area contributed by atoms with Gasteiger partial charge in [-0.15, -0.1) is 0 Å². The first-order valence-corrected chi connectivity index (χ1v) is 10.9. The maximum absolute atomic E-state index is 9.61. The molecule has 114 valence electrons. The maximum Gasteiger partial charge on any atom is 0.500 e. The van der Waals surface area contributed by atoms with Crippen LogP contribution in [0.15, 0.2) is 0 Å². The highest BCUT2D eigenvalue weighted by Crippen LogP contribution is 2.27. The molecule has 1 heterocycles. The van der Waals surface area contributed by atoms with Crippen LogP contribution >= 0.6 is 0 Å². The zero-order valence-electron chi connectivity index (χ0n) is 12.5. The molecule has 1 rings (SSSR count). The van der Waals surface area contributed by atoms with Crippen LogP contribution in [0.5, 0.6) is 0 Å². The van der Waals surface area contributed by atoms with Crippen molar-refractivity contribution in [1.82, 2.24) is 4.57 Å². The molecular formula is C11H27NO5Si2. The number of aliphatic hydroxyl groups is 1. The van der Waals surface area contributed by atoms with Crippen molar-refractivity contribution in [1.29, 1.82) is 0 Å². The molecule has 19 heavy (non-hydrogen) atoms. The topological polar surface area (TPSA) is 60.4 Å². The van der Waals surface area contributed by atoms with Gasteiger partial charge in [-0.25, -0.2) is 0 Å². The van der Waals surface area contributed by atoms with Crippen molar-refractivity contribution in [3.8, 4) is 0 Å². The smallest absolute Gasteiger partial charge is 0.405 e. The van der Waals surface area contributed by atoms with Gasteiger partial charge in [0.2, 0.25) is 0 Å². The minimum absolute atomic E-state index is 0.172. The maximum atomic E-state index is 9.61. The Bertz CT molecular complexity index is 253. The Labute approximate surface area is 118 Å². The first-order valence-electron chi connectivity index (χ1n) is 6.68. The van der Waals surface area contributed by atoms with E-state index in [9.17, 15) is 5.11 Å². The fourth-order valence-corrected chi connectivity index (χ4v) is 7.55. The van der Waals surface area contributed by atoms with E-state index >= 15 is 0 Å². The minimum atomic E-state index is -2.47. The third-order valence-corrected chi connectivity index (χ3v) is 10.9. The van der Waals surface area contributed by atoms with Crippen LogP contribution in [0.25, 0.3) is 0 Å². The monoisotopic (exact) mass is 309 g/mol. The molecule has 0 spiro atoms. The molecule has 6 nitrogen and oxygen atoms in total. The average molecular weight is 310 g/mol. The molecule has 0 aromatic carbocycles. The van der Waals surface area contributed by atoms with Gasteiger partial charge in [-0.05, 0) is 32.0 Å². The largest absolute Gasteiger partial charge is 0.500 e. The fraction of sp³-hybridized carbons (Fsp3) is 1.00. The minimum Gasteiger partial charge on any atom is -0.405 e. The lowest BCUT2D eigenvalue weighted by molar-refractivity contribution is 0.122. The van der Waals surface area contributed by atoms with Gasteiger partial charge in [0.1, 0.15) is 0 Å². The second kappa shape index (κ2) is 7.84. The molecule has 1 atom stereocenters. The van der Waals surface area contributed by atoms with E-state index < -0.39 is 17.3 Å². The number of rotatable bonds is 9. The highest BCUT2D eigenvalue weighted by molar-refractivity contribution is 6.71. The predicted molar refractivity (Wildman–Crippen MR) is 77.1 cm³/mol. The second-order valence-electron chi connectivity index (χ2n) is 4.80. The van der Waals surface area contributed by atoms with E-state index in [1.165, 1.54) is 0 Å². The van der Waals surface area contributed by atoms with Crippen LogP contribution in [0.3, 0.4) is 0 Å². The summed E-state index contributed by atoms with van der Waals surface area (Å²) in [6, 6.07) is 1.80. The summed E-state index contributed by atoms with van der Waals surface area (Å²) in [5.41, 5.74) is 0. The molecule has 0 aromatic rings. The van der Waals surface area contributed by atoms with Crippen LogP contribution in [0, 0.1) is 0 Å². The van der Waals surface area contributed by atoms with Gasteiger partial charge >= 0.3 is 8.80 Å². The molecule has 0 bridgehead atoms. The molecule has 0 saturated carbocycles. The van der Waals surface area contributed by atoms with Crippen LogP contribution in [0.1, 0.15) is 12.8 Å². The third kappa shape index (κ3) is 3.85. The molecule has 0 aliphatic carbocycles. The normalized spacial score (nSPS) is 25.1. The molecule has 8 heteroatoms. The highest BCUT2D eigenvalue weighted by atomic mass is 28.4. The van der Waals surface area contributed by atoms with Crippen LogP contribution in [0.2, 0.25) is 12.1 Å². The standard InChI is InChI=1S/C11H27NO5Si2/c1-14-18(11-13)9-5-7-12(18)8-6-10-19(15-2,16-3)17-4/h13H,5-11H2,1-4H3. The van der Waals surface area contributed by atoms with E-state index in [-0.39, 0.29) is 6.23 Å². The Morgan fingerprint density at radius 2 is 1.79 bits per heavy atom. The summed E-state index contributed by atoms with van der Waals surface area (Å²) in [4.78, 5) is 0. The zero-order valence-corrected chi connectivity index (χ0v) is 14.5. The van der Waals surface area contributed by atoms with Crippen LogP contribution < -0.4 is 0 Å². The molecular weight excluding hydrogens is 282 g/mol. The number of hydrogen-bond acceptors (Lipinski definition) is 6. The van der Waals surface area contributed by atoms with Crippen molar-refractivity contribution in [2.45, 2.75) is 24.9 Å². The second-order valence-corrected chi connectivity index (χ2v) is 11.6. The summed E-state index contributed by atoms with van der Waals surface area (Å²) in [5, 5.41) is 9.61. The van der Waals surface area contributed by atoms with Gasteiger partial charge in [0, 0.05) is 34.5 Å². The summed E-state index contributed by atoms with van der Waals surface area (Å²) in [6.45, 7) is 1.92. The van der Waals surface area contributed by atoms with Gasteiger partial charge in [0.15, 0.2) is 0 Å². The lowest BCUT2D eigenvalue weighted by Crippen LogP contribution is -2.55.